The van der Waals surface area contributed by atoms with Gasteiger partial charge < -0.3 is 19.3 Å². The zero-order valence-corrected chi connectivity index (χ0v) is 30.7. The van der Waals surface area contributed by atoms with Crippen molar-refractivity contribution in [3.63, 3.8) is 0 Å². The number of rotatable bonds is 9. The van der Waals surface area contributed by atoms with E-state index in [0.29, 0.717) is 51.8 Å². The fourth-order valence-corrected chi connectivity index (χ4v) is 8.48. The molecule has 55 heavy (non-hydrogen) atoms. The zero-order chi connectivity index (χ0) is 38.4. The second-order valence-corrected chi connectivity index (χ2v) is 14.3. The topological polar surface area (TPSA) is 119 Å². The van der Waals surface area contributed by atoms with E-state index in [1.807, 2.05) is 78.9 Å². The van der Waals surface area contributed by atoms with Crippen LogP contribution >= 0.6 is 0 Å². The second-order valence-electron chi connectivity index (χ2n) is 14.3. The van der Waals surface area contributed by atoms with Crippen LogP contribution in [0, 0.1) is 17.8 Å². The van der Waals surface area contributed by atoms with Crippen molar-refractivity contribution in [2.24, 2.45) is 17.8 Å². The SMILES string of the molecule is COc1ccc(OC)c(C=Cc2ccc(N3C(=O)[C@H]4[C@H](CC=C5[C@H](c6ccc(OCc7ccccc7)cc6O)C6=C(C[C@H]54)C(=O)C(C)=CC6=O)C3=O)cc2)c1. The third kappa shape index (κ3) is 6.35. The maximum atomic E-state index is 14.4. The number of ketones is 2. The van der Waals surface area contributed by atoms with E-state index in [0.717, 1.165) is 22.3 Å². The molecule has 276 valence electrons. The van der Waals surface area contributed by atoms with Crippen LogP contribution in [0.15, 0.2) is 125 Å². The Morgan fingerprint density at radius 3 is 2.31 bits per heavy atom. The quantitative estimate of drug-likeness (QED) is 0.0802. The van der Waals surface area contributed by atoms with Gasteiger partial charge in [-0.1, -0.05) is 72.3 Å². The number of carbonyl (C=O) groups excluding carboxylic acids is 4. The van der Waals surface area contributed by atoms with Crippen LogP contribution in [0.5, 0.6) is 23.0 Å². The predicted octanol–water partition coefficient (Wildman–Crippen LogP) is 7.79. The molecule has 1 heterocycles. The Morgan fingerprint density at radius 1 is 0.818 bits per heavy atom. The Labute approximate surface area is 318 Å². The standard InChI is InChI=1S/C46H39NO8/c1-26-21-39(49)43-37(44(26)50)24-36-33(41(43)34-17-15-32(23-38(34)48)55-25-28-7-5-4-6-8-28)18-19-35-42(36)46(52)47(45(35)51)30-13-10-27(11-14-30)9-12-29-22-31(53-2)16-20-40(29)54-3/h4-18,20-23,35-36,41-42,48H,19,24-25H2,1-3H3/t35-,36+,41+,42-/m0/s1. The summed E-state index contributed by atoms with van der Waals surface area (Å²) in [4.78, 5) is 57.2. The summed E-state index contributed by atoms with van der Waals surface area (Å²) >= 11 is 0. The summed E-state index contributed by atoms with van der Waals surface area (Å²) in [6.45, 7) is 1.92. The number of carbonyl (C=O) groups is 4. The van der Waals surface area contributed by atoms with E-state index in [1.54, 1.807) is 45.4 Å². The molecule has 0 unspecified atom stereocenters. The Bertz CT molecular complexity index is 2370. The number of ether oxygens (including phenoxy) is 3. The Kier molecular flexibility index (Phi) is 9.30. The molecule has 2 amide bonds. The lowest BCUT2D eigenvalue weighted by atomic mass is 9.59. The van der Waals surface area contributed by atoms with Gasteiger partial charge in [0.1, 0.15) is 29.6 Å². The molecule has 0 radical (unpaired) electrons. The molecule has 1 N–H and O–H groups in total. The molecule has 4 aromatic carbocycles. The number of allylic oxidation sites excluding steroid dienone is 6. The highest BCUT2D eigenvalue weighted by Crippen LogP contribution is 2.56. The maximum Gasteiger partial charge on any atom is 0.238 e. The van der Waals surface area contributed by atoms with Gasteiger partial charge in [-0.05, 0) is 79.3 Å². The summed E-state index contributed by atoms with van der Waals surface area (Å²) in [5.74, 6) is -2.12. The van der Waals surface area contributed by atoms with Crippen LogP contribution in [0.4, 0.5) is 5.69 Å². The number of fused-ring (bicyclic) bond motifs is 3. The number of hydrogen-bond acceptors (Lipinski definition) is 8. The van der Waals surface area contributed by atoms with Gasteiger partial charge in [-0.3, -0.25) is 24.1 Å². The first-order valence-electron chi connectivity index (χ1n) is 18.2. The minimum atomic E-state index is -0.773. The first-order valence-corrected chi connectivity index (χ1v) is 18.2. The number of aromatic hydroxyl groups is 1. The molecule has 0 saturated carbocycles. The van der Waals surface area contributed by atoms with Crippen molar-refractivity contribution in [3.05, 3.63) is 148 Å². The highest BCUT2D eigenvalue weighted by molar-refractivity contribution is 6.25. The molecule has 1 aliphatic heterocycles. The van der Waals surface area contributed by atoms with Crippen molar-refractivity contribution in [1.29, 1.82) is 0 Å². The fourth-order valence-electron chi connectivity index (χ4n) is 8.48. The van der Waals surface area contributed by atoms with E-state index in [2.05, 4.69) is 0 Å². The fraction of sp³-hybridized carbons (Fsp3) is 0.217. The number of methoxy groups -OCH3 is 2. The molecule has 3 aliphatic carbocycles. The van der Waals surface area contributed by atoms with Crippen LogP contribution in [0.1, 0.15) is 47.9 Å². The minimum absolute atomic E-state index is 0.0907. The molecule has 9 heteroatoms. The lowest BCUT2D eigenvalue weighted by Gasteiger charge is -2.42. The van der Waals surface area contributed by atoms with E-state index in [1.165, 1.54) is 17.0 Å². The van der Waals surface area contributed by atoms with Gasteiger partial charge in [-0.25, -0.2) is 0 Å². The van der Waals surface area contributed by atoms with Crippen LogP contribution in [-0.4, -0.2) is 42.7 Å². The van der Waals surface area contributed by atoms with E-state index in [4.69, 9.17) is 14.2 Å². The molecular formula is C46H39NO8. The summed E-state index contributed by atoms with van der Waals surface area (Å²) in [5.41, 5.74) is 5.28. The Balaban J connectivity index is 1.09. The minimum Gasteiger partial charge on any atom is -0.507 e. The van der Waals surface area contributed by atoms with Crippen LogP contribution in [0.2, 0.25) is 0 Å². The molecular weight excluding hydrogens is 695 g/mol. The lowest BCUT2D eigenvalue weighted by molar-refractivity contribution is -0.123. The molecule has 4 atom stereocenters. The molecule has 4 aliphatic rings. The average molecular weight is 734 g/mol. The molecule has 0 aromatic heterocycles. The summed E-state index contributed by atoms with van der Waals surface area (Å²) in [6.07, 6.45) is 7.55. The molecule has 9 nitrogen and oxygen atoms in total. The number of phenols is 1. The number of imide groups is 1. The average Bonchev–Trinajstić information content (AvgIpc) is 3.47. The second kappa shape index (κ2) is 14.4. The van der Waals surface area contributed by atoms with Gasteiger partial charge in [0.2, 0.25) is 11.8 Å². The highest BCUT2D eigenvalue weighted by Gasteiger charge is 2.56. The molecule has 0 spiro atoms. The van der Waals surface area contributed by atoms with Crippen molar-refractivity contribution < 1.29 is 38.5 Å². The number of benzene rings is 4. The van der Waals surface area contributed by atoms with Crippen LogP contribution in [0.25, 0.3) is 12.2 Å². The molecule has 4 aromatic rings. The Hall–Kier alpha value is -6.48. The zero-order valence-electron chi connectivity index (χ0n) is 30.7. The van der Waals surface area contributed by atoms with Gasteiger partial charge in [0, 0.05) is 39.8 Å². The van der Waals surface area contributed by atoms with E-state index < -0.39 is 23.7 Å². The van der Waals surface area contributed by atoms with E-state index in [-0.39, 0.29) is 42.0 Å². The largest absolute Gasteiger partial charge is 0.507 e. The monoisotopic (exact) mass is 733 g/mol. The normalized spacial score (nSPS) is 21.9. The number of amides is 2. The number of Topliss-reactive ketones (excluding diaryl/α,β-unsaturated/α-hetero) is 1. The van der Waals surface area contributed by atoms with Gasteiger partial charge in [0.05, 0.1) is 31.7 Å². The van der Waals surface area contributed by atoms with E-state index in [9.17, 15) is 24.3 Å². The first-order chi connectivity index (χ1) is 26.7. The molecule has 8 rings (SSSR count). The predicted molar refractivity (Wildman–Crippen MR) is 208 cm³/mol. The van der Waals surface area contributed by atoms with Gasteiger partial charge in [-0.2, -0.15) is 0 Å². The highest BCUT2D eigenvalue weighted by atomic mass is 16.5. The summed E-state index contributed by atoms with van der Waals surface area (Å²) in [7, 11) is 3.21. The Morgan fingerprint density at radius 2 is 1.58 bits per heavy atom. The third-order valence-electron chi connectivity index (χ3n) is 11.2. The van der Waals surface area contributed by atoms with Crippen molar-refractivity contribution in [2.45, 2.75) is 32.3 Å². The van der Waals surface area contributed by atoms with Crippen molar-refractivity contribution in [2.75, 3.05) is 19.1 Å². The number of hydrogen-bond donors (Lipinski definition) is 1. The van der Waals surface area contributed by atoms with Gasteiger partial charge in [0.25, 0.3) is 0 Å². The molecule has 1 fully saturated rings. The summed E-state index contributed by atoms with van der Waals surface area (Å²) < 4.78 is 16.8. The number of anilines is 1. The summed E-state index contributed by atoms with van der Waals surface area (Å²) in [5, 5.41) is 11.5. The third-order valence-corrected chi connectivity index (χ3v) is 11.2. The molecule has 1 saturated heterocycles. The van der Waals surface area contributed by atoms with Crippen LogP contribution in [-0.2, 0) is 25.8 Å². The van der Waals surface area contributed by atoms with Crippen molar-refractivity contribution >= 4 is 41.2 Å². The van der Waals surface area contributed by atoms with E-state index >= 15 is 0 Å². The summed E-state index contributed by atoms with van der Waals surface area (Å²) in [6, 6.07) is 27.4. The van der Waals surface area contributed by atoms with Crippen LogP contribution in [0.3, 0.4) is 0 Å². The smallest absolute Gasteiger partial charge is 0.238 e. The maximum absolute atomic E-state index is 14.4. The first kappa shape index (κ1) is 35.5. The van der Waals surface area contributed by atoms with Crippen LogP contribution < -0.4 is 19.1 Å². The lowest BCUT2D eigenvalue weighted by Crippen LogP contribution is -2.39. The van der Waals surface area contributed by atoms with Gasteiger partial charge in [-0.15, -0.1) is 0 Å². The van der Waals surface area contributed by atoms with Crippen molar-refractivity contribution in [1.82, 2.24) is 0 Å². The van der Waals surface area contributed by atoms with Gasteiger partial charge in [0.15, 0.2) is 11.6 Å². The van der Waals surface area contributed by atoms with Gasteiger partial charge >= 0.3 is 0 Å². The number of phenolic OH excluding ortho intramolecular Hbond substituents is 1. The molecule has 0 bridgehead atoms. The van der Waals surface area contributed by atoms with Crippen molar-refractivity contribution in [3.8, 4) is 23.0 Å². The number of nitrogens with zero attached hydrogens (tertiary/aromatic N) is 1.